The van der Waals surface area contributed by atoms with Crippen LogP contribution in [0.15, 0.2) is 0 Å². The number of carbonyl (C=O) groups excluding carboxylic acids is 1. The molecule has 0 aromatic carbocycles. The first-order valence-corrected chi connectivity index (χ1v) is 5.42. The molecule has 4 heteroatoms. The fourth-order valence-electron chi connectivity index (χ4n) is 2.03. The van der Waals surface area contributed by atoms with Crippen LogP contribution in [-0.2, 0) is 9.53 Å². The van der Waals surface area contributed by atoms with E-state index in [1.54, 1.807) is 0 Å². The monoisotopic (exact) mass is 198 g/mol. The Labute approximate surface area is 84.6 Å². The number of amides is 1. The molecule has 14 heavy (non-hydrogen) atoms. The number of ether oxygens (including phenoxy) is 1. The van der Waals surface area contributed by atoms with Crippen LogP contribution in [0.2, 0.25) is 0 Å². The van der Waals surface area contributed by atoms with E-state index in [1.807, 2.05) is 4.90 Å². The predicted octanol–water partition coefficient (Wildman–Crippen LogP) is -0.155. The van der Waals surface area contributed by atoms with Crippen LogP contribution in [0, 0.1) is 5.92 Å². The van der Waals surface area contributed by atoms with Crippen molar-refractivity contribution in [3.63, 3.8) is 0 Å². The number of hydrogen-bond donors (Lipinski definition) is 1. The smallest absolute Gasteiger partial charge is 0.236 e. The van der Waals surface area contributed by atoms with Crippen molar-refractivity contribution in [2.45, 2.75) is 12.8 Å². The van der Waals surface area contributed by atoms with Gasteiger partial charge in [0.25, 0.3) is 0 Å². The molecule has 0 bridgehead atoms. The Kier molecular flexibility index (Phi) is 3.37. The molecule has 0 aliphatic carbocycles. The van der Waals surface area contributed by atoms with Crippen molar-refractivity contribution in [3.05, 3.63) is 0 Å². The molecule has 0 saturated carbocycles. The SMILES string of the molecule is O=C1CNCCN1CCC1CCOC1. The molecule has 2 fully saturated rings. The van der Waals surface area contributed by atoms with E-state index in [1.165, 1.54) is 6.42 Å². The third-order valence-corrected chi connectivity index (χ3v) is 3.02. The summed E-state index contributed by atoms with van der Waals surface area (Å²) in [5, 5.41) is 3.08. The van der Waals surface area contributed by atoms with Gasteiger partial charge >= 0.3 is 0 Å². The zero-order valence-electron chi connectivity index (χ0n) is 8.50. The molecule has 1 unspecified atom stereocenters. The largest absolute Gasteiger partial charge is 0.381 e. The fraction of sp³-hybridized carbons (Fsp3) is 0.900. The van der Waals surface area contributed by atoms with Gasteiger partial charge in [-0.1, -0.05) is 0 Å². The maximum Gasteiger partial charge on any atom is 0.236 e. The molecule has 2 heterocycles. The van der Waals surface area contributed by atoms with Crippen molar-refractivity contribution in [1.82, 2.24) is 10.2 Å². The summed E-state index contributed by atoms with van der Waals surface area (Å²) >= 11 is 0. The second kappa shape index (κ2) is 4.75. The number of carbonyl (C=O) groups is 1. The van der Waals surface area contributed by atoms with E-state index >= 15 is 0 Å². The van der Waals surface area contributed by atoms with Crippen LogP contribution in [0.3, 0.4) is 0 Å². The van der Waals surface area contributed by atoms with Crippen LogP contribution >= 0.6 is 0 Å². The van der Waals surface area contributed by atoms with Crippen LogP contribution in [-0.4, -0.2) is 50.2 Å². The predicted molar refractivity (Wildman–Crippen MR) is 53.0 cm³/mol. The van der Waals surface area contributed by atoms with Gasteiger partial charge in [-0.2, -0.15) is 0 Å². The summed E-state index contributed by atoms with van der Waals surface area (Å²) < 4.78 is 5.31. The number of rotatable bonds is 3. The summed E-state index contributed by atoms with van der Waals surface area (Å²) in [6.45, 7) is 5.02. The first-order chi connectivity index (χ1) is 6.86. The Bertz CT molecular complexity index is 202. The highest BCUT2D eigenvalue weighted by Gasteiger charge is 2.20. The number of nitrogens with one attached hydrogen (secondary N) is 1. The van der Waals surface area contributed by atoms with Gasteiger partial charge < -0.3 is 15.0 Å². The summed E-state index contributed by atoms with van der Waals surface area (Å²) in [5.74, 6) is 0.924. The third-order valence-electron chi connectivity index (χ3n) is 3.02. The molecule has 1 amide bonds. The highest BCUT2D eigenvalue weighted by Crippen LogP contribution is 2.16. The molecule has 0 aromatic rings. The van der Waals surface area contributed by atoms with Crippen molar-refractivity contribution in [2.75, 3.05) is 39.4 Å². The fourth-order valence-corrected chi connectivity index (χ4v) is 2.03. The summed E-state index contributed by atoms with van der Waals surface area (Å²) in [7, 11) is 0. The zero-order valence-corrected chi connectivity index (χ0v) is 8.50. The molecule has 0 spiro atoms. The van der Waals surface area contributed by atoms with E-state index in [2.05, 4.69) is 5.32 Å². The average Bonchev–Trinajstić information content (AvgIpc) is 2.69. The maximum atomic E-state index is 11.4. The standard InChI is InChI=1S/C10H18N2O2/c13-10-7-11-3-5-12(10)4-1-9-2-6-14-8-9/h9,11H,1-8H2. The van der Waals surface area contributed by atoms with Gasteiger partial charge in [0.05, 0.1) is 6.54 Å². The lowest BCUT2D eigenvalue weighted by Crippen LogP contribution is -2.48. The minimum Gasteiger partial charge on any atom is -0.381 e. The van der Waals surface area contributed by atoms with E-state index in [4.69, 9.17) is 4.74 Å². The lowest BCUT2D eigenvalue weighted by Gasteiger charge is -2.28. The Morgan fingerprint density at radius 3 is 3.21 bits per heavy atom. The van der Waals surface area contributed by atoms with Crippen molar-refractivity contribution < 1.29 is 9.53 Å². The van der Waals surface area contributed by atoms with Gasteiger partial charge in [0.1, 0.15) is 0 Å². The maximum absolute atomic E-state index is 11.4. The van der Waals surface area contributed by atoms with Gasteiger partial charge in [0.15, 0.2) is 0 Å². The van der Waals surface area contributed by atoms with Crippen molar-refractivity contribution >= 4 is 5.91 Å². The molecule has 2 saturated heterocycles. The molecule has 1 N–H and O–H groups in total. The number of hydrogen-bond acceptors (Lipinski definition) is 3. The summed E-state index contributed by atoms with van der Waals surface area (Å²) in [6.07, 6.45) is 2.27. The first kappa shape index (κ1) is 9.93. The van der Waals surface area contributed by atoms with E-state index in [9.17, 15) is 4.79 Å². The Balaban J connectivity index is 1.70. The third kappa shape index (κ3) is 2.45. The quantitative estimate of drug-likeness (QED) is 0.685. The average molecular weight is 198 g/mol. The summed E-state index contributed by atoms with van der Waals surface area (Å²) in [4.78, 5) is 13.4. The van der Waals surface area contributed by atoms with Crippen LogP contribution in [0.1, 0.15) is 12.8 Å². The molecule has 2 aliphatic rings. The van der Waals surface area contributed by atoms with Crippen molar-refractivity contribution in [2.24, 2.45) is 5.92 Å². The zero-order chi connectivity index (χ0) is 9.80. The number of piperazine rings is 1. The number of nitrogens with zero attached hydrogens (tertiary/aromatic N) is 1. The Hall–Kier alpha value is -0.610. The van der Waals surface area contributed by atoms with E-state index in [0.717, 1.165) is 39.3 Å². The lowest BCUT2D eigenvalue weighted by atomic mass is 10.0. The van der Waals surface area contributed by atoms with Crippen LogP contribution < -0.4 is 5.32 Å². The molecule has 0 radical (unpaired) electrons. The van der Waals surface area contributed by atoms with Crippen molar-refractivity contribution in [1.29, 1.82) is 0 Å². The second-order valence-corrected chi connectivity index (χ2v) is 4.08. The summed E-state index contributed by atoms with van der Waals surface area (Å²) in [5.41, 5.74) is 0. The van der Waals surface area contributed by atoms with E-state index in [0.29, 0.717) is 12.5 Å². The topological polar surface area (TPSA) is 41.6 Å². The van der Waals surface area contributed by atoms with Gasteiger partial charge in [-0.3, -0.25) is 4.79 Å². The molecule has 1 atom stereocenters. The molecule has 2 rings (SSSR count). The molecule has 80 valence electrons. The molecule has 0 aromatic heterocycles. The molecular formula is C10H18N2O2. The van der Waals surface area contributed by atoms with Crippen LogP contribution in [0.4, 0.5) is 0 Å². The molecule has 2 aliphatic heterocycles. The van der Waals surface area contributed by atoms with Crippen LogP contribution in [0.5, 0.6) is 0 Å². The van der Waals surface area contributed by atoms with E-state index < -0.39 is 0 Å². The minimum absolute atomic E-state index is 0.246. The Morgan fingerprint density at radius 1 is 1.57 bits per heavy atom. The molecule has 4 nitrogen and oxygen atoms in total. The normalized spacial score (nSPS) is 28.4. The minimum atomic E-state index is 0.246. The van der Waals surface area contributed by atoms with Gasteiger partial charge in [0, 0.05) is 32.8 Å². The highest BCUT2D eigenvalue weighted by molar-refractivity contribution is 5.78. The summed E-state index contributed by atoms with van der Waals surface area (Å²) in [6, 6.07) is 0. The highest BCUT2D eigenvalue weighted by atomic mass is 16.5. The van der Waals surface area contributed by atoms with Gasteiger partial charge in [-0.05, 0) is 18.8 Å². The first-order valence-electron chi connectivity index (χ1n) is 5.42. The van der Waals surface area contributed by atoms with Gasteiger partial charge in [-0.25, -0.2) is 0 Å². The van der Waals surface area contributed by atoms with Crippen molar-refractivity contribution in [3.8, 4) is 0 Å². The van der Waals surface area contributed by atoms with Gasteiger partial charge in [-0.15, -0.1) is 0 Å². The second-order valence-electron chi connectivity index (χ2n) is 4.08. The Morgan fingerprint density at radius 2 is 2.50 bits per heavy atom. The van der Waals surface area contributed by atoms with Gasteiger partial charge in [0.2, 0.25) is 5.91 Å². The van der Waals surface area contributed by atoms with Crippen LogP contribution in [0.25, 0.3) is 0 Å². The molecular weight excluding hydrogens is 180 g/mol. The lowest BCUT2D eigenvalue weighted by molar-refractivity contribution is -0.132. The van der Waals surface area contributed by atoms with E-state index in [-0.39, 0.29) is 5.91 Å².